The van der Waals surface area contributed by atoms with Crippen LogP contribution in [0.25, 0.3) is 0 Å². The Labute approximate surface area is 128 Å². The molecule has 21 heavy (non-hydrogen) atoms. The van der Waals surface area contributed by atoms with Crippen LogP contribution >= 0.6 is 0 Å². The summed E-state index contributed by atoms with van der Waals surface area (Å²) < 4.78 is 27.2. The minimum atomic E-state index is -3.37. The highest BCUT2D eigenvalue weighted by Crippen LogP contribution is 2.28. The zero-order valence-electron chi connectivity index (χ0n) is 12.8. The van der Waals surface area contributed by atoms with Gasteiger partial charge in [-0.1, -0.05) is 37.8 Å². The fraction of sp³-hybridized carbons (Fsp3) is 0.625. The largest absolute Gasteiger partial charge is 0.316 e. The van der Waals surface area contributed by atoms with Crippen molar-refractivity contribution in [1.82, 2.24) is 10.0 Å². The Morgan fingerprint density at radius 1 is 1.24 bits per heavy atom. The topological polar surface area (TPSA) is 58.2 Å². The molecule has 0 aliphatic heterocycles. The average molecular weight is 310 g/mol. The smallest absolute Gasteiger partial charge is 0.240 e. The Kier molecular flexibility index (Phi) is 6.21. The summed E-state index contributed by atoms with van der Waals surface area (Å²) in [6.07, 6.45) is 7.39. The fourth-order valence-corrected chi connectivity index (χ4v) is 4.15. The summed E-state index contributed by atoms with van der Waals surface area (Å²) in [6.45, 7) is 1.21. The van der Waals surface area contributed by atoms with E-state index >= 15 is 0 Å². The lowest BCUT2D eigenvalue weighted by Crippen LogP contribution is -2.25. The SMILES string of the molecule is CNCc1cccc(S(=O)(=O)NCCCC2CCCC2)c1. The Bertz CT molecular complexity index is 537. The van der Waals surface area contributed by atoms with Crippen molar-refractivity contribution in [1.29, 1.82) is 0 Å². The molecule has 1 aliphatic carbocycles. The zero-order valence-corrected chi connectivity index (χ0v) is 13.6. The van der Waals surface area contributed by atoms with E-state index in [1.54, 1.807) is 18.2 Å². The van der Waals surface area contributed by atoms with Gasteiger partial charge in [0.25, 0.3) is 0 Å². The molecule has 0 bridgehead atoms. The number of sulfonamides is 1. The molecule has 0 atom stereocenters. The van der Waals surface area contributed by atoms with Gasteiger partial charge in [0.1, 0.15) is 0 Å². The van der Waals surface area contributed by atoms with Crippen LogP contribution in [0.1, 0.15) is 44.1 Å². The van der Waals surface area contributed by atoms with Crippen LogP contribution in [0.3, 0.4) is 0 Å². The molecule has 0 saturated heterocycles. The molecule has 0 unspecified atom stereocenters. The van der Waals surface area contributed by atoms with Crippen molar-refractivity contribution in [2.75, 3.05) is 13.6 Å². The third kappa shape index (κ3) is 5.09. The van der Waals surface area contributed by atoms with Crippen LogP contribution in [-0.4, -0.2) is 22.0 Å². The number of rotatable bonds is 8. The lowest BCUT2D eigenvalue weighted by molar-refractivity contribution is 0.480. The first kappa shape index (κ1) is 16.5. The second-order valence-electron chi connectivity index (χ2n) is 5.87. The monoisotopic (exact) mass is 310 g/mol. The molecule has 4 nitrogen and oxygen atoms in total. The third-order valence-electron chi connectivity index (χ3n) is 4.15. The maximum atomic E-state index is 12.3. The first-order chi connectivity index (χ1) is 10.1. The minimum absolute atomic E-state index is 0.358. The standard InChI is InChI=1S/C16H26N2O2S/c1-17-13-15-8-4-10-16(12-15)21(19,20)18-11-5-9-14-6-2-3-7-14/h4,8,10,12,14,17-18H,2-3,5-7,9,11,13H2,1H3. The highest BCUT2D eigenvalue weighted by Gasteiger charge is 2.16. The maximum absolute atomic E-state index is 12.3. The van der Waals surface area contributed by atoms with E-state index < -0.39 is 10.0 Å². The molecule has 0 heterocycles. The van der Waals surface area contributed by atoms with E-state index in [0.717, 1.165) is 24.3 Å². The van der Waals surface area contributed by atoms with Crippen molar-refractivity contribution in [3.05, 3.63) is 29.8 Å². The molecule has 1 aliphatic rings. The molecule has 1 fully saturated rings. The normalized spacial score (nSPS) is 16.4. The lowest BCUT2D eigenvalue weighted by atomic mass is 10.0. The Morgan fingerprint density at radius 3 is 2.71 bits per heavy atom. The second-order valence-corrected chi connectivity index (χ2v) is 7.64. The predicted molar refractivity (Wildman–Crippen MR) is 85.6 cm³/mol. The van der Waals surface area contributed by atoms with Crippen LogP contribution in [-0.2, 0) is 16.6 Å². The molecule has 5 heteroatoms. The van der Waals surface area contributed by atoms with Gasteiger partial charge in [-0.3, -0.25) is 0 Å². The highest BCUT2D eigenvalue weighted by molar-refractivity contribution is 7.89. The lowest BCUT2D eigenvalue weighted by Gasteiger charge is -2.10. The van der Waals surface area contributed by atoms with Crippen molar-refractivity contribution in [3.63, 3.8) is 0 Å². The van der Waals surface area contributed by atoms with Crippen molar-refractivity contribution in [2.45, 2.75) is 50.0 Å². The molecular weight excluding hydrogens is 284 g/mol. The molecule has 2 rings (SSSR count). The molecule has 0 spiro atoms. The summed E-state index contributed by atoms with van der Waals surface area (Å²) in [6, 6.07) is 7.10. The summed E-state index contributed by atoms with van der Waals surface area (Å²) >= 11 is 0. The van der Waals surface area contributed by atoms with Crippen LogP contribution in [0.4, 0.5) is 0 Å². The van der Waals surface area contributed by atoms with E-state index in [9.17, 15) is 8.42 Å². The third-order valence-corrected chi connectivity index (χ3v) is 5.60. The van der Waals surface area contributed by atoms with Gasteiger partial charge in [0.2, 0.25) is 10.0 Å². The zero-order chi connectivity index (χ0) is 15.1. The van der Waals surface area contributed by atoms with E-state index in [4.69, 9.17) is 0 Å². The minimum Gasteiger partial charge on any atom is -0.316 e. The average Bonchev–Trinajstić information content (AvgIpc) is 2.98. The summed E-state index contributed by atoms with van der Waals surface area (Å²) in [5, 5.41) is 3.03. The van der Waals surface area contributed by atoms with Gasteiger partial charge in [0, 0.05) is 13.1 Å². The summed E-state index contributed by atoms with van der Waals surface area (Å²) in [7, 11) is -1.52. The highest BCUT2D eigenvalue weighted by atomic mass is 32.2. The molecule has 118 valence electrons. The number of nitrogens with one attached hydrogen (secondary N) is 2. The molecular formula is C16H26N2O2S. The van der Waals surface area contributed by atoms with Gasteiger partial charge < -0.3 is 5.32 Å². The van der Waals surface area contributed by atoms with Gasteiger partial charge in [0.15, 0.2) is 0 Å². The molecule has 0 amide bonds. The van der Waals surface area contributed by atoms with Gasteiger partial charge in [-0.2, -0.15) is 0 Å². The molecule has 0 aromatic heterocycles. The molecule has 2 N–H and O–H groups in total. The van der Waals surface area contributed by atoms with Crippen molar-refractivity contribution in [3.8, 4) is 0 Å². The van der Waals surface area contributed by atoms with Crippen molar-refractivity contribution >= 4 is 10.0 Å². The van der Waals surface area contributed by atoms with E-state index in [0.29, 0.717) is 18.0 Å². The number of benzene rings is 1. The maximum Gasteiger partial charge on any atom is 0.240 e. The van der Waals surface area contributed by atoms with Gasteiger partial charge in [0.05, 0.1) is 4.90 Å². The van der Waals surface area contributed by atoms with E-state index in [-0.39, 0.29) is 0 Å². The summed E-state index contributed by atoms with van der Waals surface area (Å²) in [5.74, 6) is 0.813. The Hall–Kier alpha value is -0.910. The summed E-state index contributed by atoms with van der Waals surface area (Å²) in [5.41, 5.74) is 0.978. The van der Waals surface area contributed by atoms with Gasteiger partial charge >= 0.3 is 0 Å². The van der Waals surface area contributed by atoms with Crippen LogP contribution < -0.4 is 10.0 Å². The van der Waals surface area contributed by atoms with Crippen LogP contribution in [0.5, 0.6) is 0 Å². The van der Waals surface area contributed by atoms with E-state index in [1.807, 2.05) is 13.1 Å². The summed E-state index contributed by atoms with van der Waals surface area (Å²) in [4.78, 5) is 0.358. The van der Waals surface area contributed by atoms with Crippen LogP contribution in [0, 0.1) is 5.92 Å². The molecule has 1 aromatic carbocycles. The van der Waals surface area contributed by atoms with Crippen molar-refractivity contribution < 1.29 is 8.42 Å². The van der Waals surface area contributed by atoms with Crippen molar-refractivity contribution in [2.24, 2.45) is 5.92 Å². The molecule has 1 aromatic rings. The Morgan fingerprint density at radius 2 is 2.00 bits per heavy atom. The van der Waals surface area contributed by atoms with Crippen LogP contribution in [0.15, 0.2) is 29.2 Å². The number of hydrogen-bond acceptors (Lipinski definition) is 3. The van der Waals surface area contributed by atoms with Gasteiger partial charge in [-0.25, -0.2) is 13.1 Å². The quantitative estimate of drug-likeness (QED) is 0.726. The van der Waals surface area contributed by atoms with Crippen LogP contribution in [0.2, 0.25) is 0 Å². The first-order valence-corrected chi connectivity index (χ1v) is 9.33. The predicted octanol–water partition coefficient (Wildman–Crippen LogP) is 2.65. The molecule has 1 saturated carbocycles. The second kappa shape index (κ2) is 7.92. The Balaban J connectivity index is 1.84. The van der Waals surface area contributed by atoms with Gasteiger partial charge in [-0.05, 0) is 43.5 Å². The van der Waals surface area contributed by atoms with E-state index in [2.05, 4.69) is 10.0 Å². The van der Waals surface area contributed by atoms with E-state index in [1.165, 1.54) is 25.7 Å². The first-order valence-electron chi connectivity index (χ1n) is 7.85. The number of hydrogen-bond donors (Lipinski definition) is 2. The van der Waals surface area contributed by atoms with Gasteiger partial charge in [-0.15, -0.1) is 0 Å². The fourth-order valence-electron chi connectivity index (χ4n) is 3.01. The molecule has 0 radical (unpaired) electrons.